The molecule has 244 valence electrons. The molecule has 0 radical (unpaired) electrons. The van der Waals surface area contributed by atoms with Crippen molar-refractivity contribution in [3.05, 3.63) is 59.9 Å². The molecule has 0 spiro atoms. The summed E-state index contributed by atoms with van der Waals surface area (Å²) in [4.78, 5) is 24.1. The van der Waals surface area contributed by atoms with Gasteiger partial charge in [0.15, 0.2) is 11.5 Å². The van der Waals surface area contributed by atoms with Crippen LogP contribution in [0.2, 0.25) is 0 Å². The van der Waals surface area contributed by atoms with Crippen molar-refractivity contribution in [2.45, 2.75) is 71.2 Å². The molecule has 0 aliphatic carbocycles. The molecule has 1 fully saturated rings. The van der Waals surface area contributed by atoms with E-state index >= 15 is 4.39 Å². The van der Waals surface area contributed by atoms with Gasteiger partial charge in [-0.15, -0.1) is 5.10 Å². The second kappa shape index (κ2) is 11.9. The van der Waals surface area contributed by atoms with Crippen LogP contribution >= 0.6 is 0 Å². The molecule has 1 aliphatic heterocycles. The summed E-state index contributed by atoms with van der Waals surface area (Å²) in [7, 11) is 0. The maximum atomic E-state index is 16.2. The number of fused-ring (bicyclic) bond motifs is 2. The van der Waals surface area contributed by atoms with Crippen molar-refractivity contribution in [3.8, 4) is 28.6 Å². The largest absolute Gasteiger partial charge is 0.444 e. The molecule has 0 saturated carbocycles. The summed E-state index contributed by atoms with van der Waals surface area (Å²) >= 11 is 0. The number of hydrogen-bond acceptors (Lipinski definition) is 9. The van der Waals surface area contributed by atoms with Crippen molar-refractivity contribution in [2.24, 2.45) is 0 Å². The van der Waals surface area contributed by atoms with E-state index in [-0.39, 0.29) is 29.4 Å². The molecular weight excluding hydrogens is 608 g/mol. The van der Waals surface area contributed by atoms with Gasteiger partial charge in [-0.05, 0) is 65.7 Å². The van der Waals surface area contributed by atoms with E-state index in [0.29, 0.717) is 46.8 Å². The number of benzene rings is 2. The number of carbonyl (C=O) groups is 1. The second-order valence-electron chi connectivity index (χ2n) is 13.4. The number of nitrogens with one attached hydrogen (secondary N) is 1. The van der Waals surface area contributed by atoms with Gasteiger partial charge in [0.2, 0.25) is 0 Å². The van der Waals surface area contributed by atoms with Crippen molar-refractivity contribution in [1.29, 1.82) is 5.26 Å². The fourth-order valence-electron chi connectivity index (χ4n) is 5.81. The van der Waals surface area contributed by atoms with Crippen molar-refractivity contribution in [3.63, 3.8) is 0 Å². The number of hydrogen-bond donors (Lipinski definition) is 2. The number of anilines is 1. The van der Waals surface area contributed by atoms with Crippen LogP contribution in [0.5, 0.6) is 0 Å². The van der Waals surface area contributed by atoms with E-state index in [1.165, 1.54) is 22.9 Å². The summed E-state index contributed by atoms with van der Waals surface area (Å²) in [6.45, 7) is 9.81. The van der Waals surface area contributed by atoms with Crippen molar-refractivity contribution in [2.75, 3.05) is 18.0 Å². The number of aliphatic hydroxyl groups is 1. The monoisotopic (exact) mass is 643 g/mol. The third-order valence-corrected chi connectivity index (χ3v) is 7.72. The molecule has 2 aromatic carbocycles. The highest BCUT2D eigenvalue weighted by Crippen LogP contribution is 2.38. The lowest BCUT2D eigenvalue weighted by atomic mass is 10.0. The number of halogens is 2. The van der Waals surface area contributed by atoms with E-state index in [9.17, 15) is 19.6 Å². The van der Waals surface area contributed by atoms with Crippen molar-refractivity contribution in [1.82, 2.24) is 34.7 Å². The maximum Gasteiger partial charge on any atom is 0.407 e. The number of amides is 1. The first-order valence-corrected chi connectivity index (χ1v) is 15.3. The lowest BCUT2D eigenvalue weighted by Crippen LogP contribution is -2.49. The van der Waals surface area contributed by atoms with Gasteiger partial charge < -0.3 is 20.1 Å². The predicted molar refractivity (Wildman–Crippen MR) is 170 cm³/mol. The third-order valence-electron chi connectivity index (χ3n) is 7.72. The molecule has 3 aromatic heterocycles. The first kappa shape index (κ1) is 31.8. The minimum absolute atomic E-state index is 0.0995. The second-order valence-corrected chi connectivity index (χ2v) is 13.4. The quantitative estimate of drug-likeness (QED) is 0.254. The van der Waals surface area contributed by atoms with Gasteiger partial charge in [0.1, 0.15) is 28.8 Å². The Hall–Kier alpha value is -5.16. The number of ether oxygens (including phenoxy) is 1. The Morgan fingerprint density at radius 2 is 1.96 bits per heavy atom. The average molecular weight is 644 g/mol. The van der Waals surface area contributed by atoms with Gasteiger partial charge in [-0.25, -0.2) is 28.2 Å². The normalized spacial score (nSPS) is 15.6. The first-order chi connectivity index (χ1) is 22.2. The van der Waals surface area contributed by atoms with Crippen LogP contribution in [0.25, 0.3) is 39.2 Å². The zero-order chi connectivity index (χ0) is 33.7. The Morgan fingerprint density at radius 1 is 1.17 bits per heavy atom. The van der Waals surface area contributed by atoms with Crippen LogP contribution < -0.4 is 10.2 Å². The van der Waals surface area contributed by atoms with Gasteiger partial charge in [-0.3, -0.25) is 4.40 Å². The van der Waals surface area contributed by atoms with Crippen LogP contribution in [-0.2, 0) is 11.3 Å². The molecule has 4 heterocycles. The summed E-state index contributed by atoms with van der Waals surface area (Å²) in [5, 5.41) is 30.9. The lowest BCUT2D eigenvalue weighted by molar-refractivity contribution is 0.0499. The van der Waals surface area contributed by atoms with E-state index in [1.54, 1.807) is 63.5 Å². The zero-order valence-electron chi connectivity index (χ0n) is 26.8. The molecular formula is C33H35F2N9O3. The summed E-state index contributed by atoms with van der Waals surface area (Å²) in [5.74, 6) is -0.835. The first-order valence-electron chi connectivity index (χ1n) is 15.3. The maximum absolute atomic E-state index is 16.2. The van der Waals surface area contributed by atoms with E-state index in [4.69, 9.17) is 9.72 Å². The average Bonchev–Trinajstić information content (AvgIpc) is 3.55. The van der Waals surface area contributed by atoms with Crippen molar-refractivity contribution >= 4 is 28.6 Å². The molecule has 1 unspecified atom stereocenters. The third kappa shape index (κ3) is 6.57. The van der Waals surface area contributed by atoms with Gasteiger partial charge in [-0.1, -0.05) is 11.3 Å². The summed E-state index contributed by atoms with van der Waals surface area (Å²) < 4.78 is 39.7. The molecule has 47 heavy (non-hydrogen) atoms. The molecule has 14 heteroatoms. The standard InChI is InChI=1S/C33H35F2N9O3/c1-32(2,3)47-31(45)38-21-7-6-11-42(17-21)29-30-39-27(19-8-9-20(16-36)23(34)13-19)28(43(30)12-10-37-29)22-14-25-26(15-24(22)35)44(41-40-25)18-33(4,5)46/h8-10,12-15,21,46H,6-7,11,17-18H2,1-5H3,(H,38,45). The Labute approximate surface area is 269 Å². The number of piperidine rings is 1. The van der Waals surface area contributed by atoms with Crippen molar-refractivity contribution < 1.29 is 23.4 Å². The lowest BCUT2D eigenvalue weighted by Gasteiger charge is -2.34. The van der Waals surface area contributed by atoms with Gasteiger partial charge in [0.25, 0.3) is 0 Å². The van der Waals surface area contributed by atoms with E-state index < -0.39 is 28.9 Å². The van der Waals surface area contributed by atoms with Gasteiger partial charge in [0, 0.05) is 48.7 Å². The minimum atomic E-state index is -1.11. The van der Waals surface area contributed by atoms with Crippen LogP contribution in [-0.4, -0.2) is 70.9 Å². The SMILES string of the molecule is CC(C)(O)Cn1nnc2cc(-c3c(-c4ccc(C#N)c(F)c4)nc4c(N5CCCC(NC(=O)OC(C)(C)C)C5)nccn34)c(F)cc21. The van der Waals surface area contributed by atoms with Crippen LogP contribution in [0.3, 0.4) is 0 Å². The van der Waals surface area contributed by atoms with Crippen LogP contribution in [0.15, 0.2) is 42.7 Å². The molecule has 1 atom stereocenters. The summed E-state index contributed by atoms with van der Waals surface area (Å²) in [6, 6.07) is 8.59. The van der Waals surface area contributed by atoms with Gasteiger partial charge in [-0.2, -0.15) is 5.26 Å². The number of imidazole rings is 1. The molecule has 6 rings (SSSR count). The minimum Gasteiger partial charge on any atom is -0.444 e. The number of nitriles is 1. The summed E-state index contributed by atoms with van der Waals surface area (Å²) in [5.41, 5.74) is 0.366. The number of rotatable bonds is 6. The number of aromatic nitrogens is 6. The van der Waals surface area contributed by atoms with Gasteiger partial charge in [0.05, 0.1) is 34.6 Å². The number of carbonyl (C=O) groups excluding carboxylic acids is 1. The Morgan fingerprint density at radius 3 is 2.66 bits per heavy atom. The number of alkyl carbamates (subject to hydrolysis) is 1. The summed E-state index contributed by atoms with van der Waals surface area (Å²) in [6.07, 6.45) is 4.23. The Bertz CT molecular complexity index is 2040. The van der Waals surface area contributed by atoms with E-state index in [1.807, 2.05) is 11.0 Å². The van der Waals surface area contributed by atoms with E-state index in [0.717, 1.165) is 12.8 Å². The predicted octanol–water partition coefficient (Wildman–Crippen LogP) is 5.22. The Balaban J connectivity index is 1.47. The van der Waals surface area contributed by atoms with Crippen LogP contribution in [0.4, 0.5) is 19.4 Å². The topological polar surface area (TPSA) is 146 Å². The van der Waals surface area contributed by atoms with Crippen LogP contribution in [0, 0.1) is 23.0 Å². The molecule has 0 bridgehead atoms. The fourth-order valence-corrected chi connectivity index (χ4v) is 5.81. The highest BCUT2D eigenvalue weighted by Gasteiger charge is 2.29. The molecule has 1 aliphatic rings. The van der Waals surface area contributed by atoms with E-state index in [2.05, 4.69) is 20.6 Å². The highest BCUT2D eigenvalue weighted by atomic mass is 19.1. The zero-order valence-corrected chi connectivity index (χ0v) is 26.8. The highest BCUT2D eigenvalue weighted by molar-refractivity contribution is 5.89. The fraction of sp³-hybridized carbons (Fsp3) is 0.394. The van der Waals surface area contributed by atoms with Crippen LogP contribution in [0.1, 0.15) is 53.0 Å². The molecule has 12 nitrogen and oxygen atoms in total. The molecule has 1 amide bonds. The number of nitrogens with zero attached hydrogens (tertiary/aromatic N) is 8. The van der Waals surface area contributed by atoms with Gasteiger partial charge >= 0.3 is 6.09 Å². The Kier molecular flexibility index (Phi) is 8.05. The smallest absolute Gasteiger partial charge is 0.407 e. The molecule has 1 saturated heterocycles. The molecule has 2 N–H and O–H groups in total. The molecule has 5 aromatic rings.